The van der Waals surface area contributed by atoms with Gasteiger partial charge in [-0.2, -0.15) is 5.26 Å². The second-order valence-corrected chi connectivity index (χ2v) is 9.02. The highest BCUT2D eigenvalue weighted by atomic mass is 32.1. The van der Waals surface area contributed by atoms with Crippen molar-refractivity contribution < 1.29 is 14.7 Å². The zero-order chi connectivity index (χ0) is 26.2. The lowest BCUT2D eigenvalue weighted by Crippen LogP contribution is -2.26. The summed E-state index contributed by atoms with van der Waals surface area (Å²) < 4.78 is 0. The van der Waals surface area contributed by atoms with Crippen molar-refractivity contribution in [3.8, 4) is 17.3 Å². The first kappa shape index (κ1) is 25.4. The largest absolute Gasteiger partial charge is 0.481 e. The van der Waals surface area contributed by atoms with Gasteiger partial charge in [0.25, 0.3) is 5.91 Å². The lowest BCUT2D eigenvalue weighted by atomic mass is 10.1. The van der Waals surface area contributed by atoms with E-state index in [4.69, 9.17) is 10.1 Å². The Morgan fingerprint density at radius 2 is 1.86 bits per heavy atom. The van der Waals surface area contributed by atoms with Gasteiger partial charge in [-0.15, -0.1) is 11.3 Å². The van der Waals surface area contributed by atoms with Crippen LogP contribution >= 0.6 is 11.3 Å². The molecule has 7 nitrogen and oxygen atoms in total. The number of benzene rings is 3. The number of hydrogen-bond acceptors (Lipinski definition) is 6. The minimum Gasteiger partial charge on any atom is -0.481 e. The number of rotatable bonds is 10. The number of anilines is 2. The fourth-order valence-corrected chi connectivity index (χ4v) is 4.51. The van der Waals surface area contributed by atoms with Crippen LogP contribution < -0.4 is 10.2 Å². The van der Waals surface area contributed by atoms with Gasteiger partial charge in [0.2, 0.25) is 0 Å². The van der Waals surface area contributed by atoms with Gasteiger partial charge in [0.15, 0.2) is 5.13 Å². The number of aromatic nitrogens is 1. The van der Waals surface area contributed by atoms with Gasteiger partial charge in [0.05, 0.1) is 30.3 Å². The van der Waals surface area contributed by atoms with Crippen LogP contribution in [-0.4, -0.2) is 28.5 Å². The van der Waals surface area contributed by atoms with Crippen molar-refractivity contribution in [1.29, 1.82) is 5.26 Å². The van der Waals surface area contributed by atoms with Crippen molar-refractivity contribution in [2.45, 2.75) is 13.0 Å². The van der Waals surface area contributed by atoms with E-state index in [2.05, 4.69) is 22.9 Å². The molecule has 184 valence electrons. The lowest BCUT2D eigenvalue weighted by molar-refractivity contribution is -0.136. The molecule has 37 heavy (non-hydrogen) atoms. The number of carboxylic acid groups (broad SMARTS) is 1. The first-order valence-electron chi connectivity index (χ1n) is 11.5. The van der Waals surface area contributed by atoms with Crippen LogP contribution in [0.5, 0.6) is 0 Å². The third kappa shape index (κ3) is 6.48. The zero-order valence-corrected chi connectivity index (χ0v) is 20.7. The topological polar surface area (TPSA) is 106 Å². The Kier molecular flexibility index (Phi) is 8.08. The Morgan fingerprint density at radius 3 is 2.54 bits per heavy atom. The number of nitriles is 1. The molecule has 2 N–H and O–H groups in total. The van der Waals surface area contributed by atoms with Gasteiger partial charge < -0.3 is 15.3 Å². The zero-order valence-electron chi connectivity index (χ0n) is 19.9. The van der Waals surface area contributed by atoms with Gasteiger partial charge in [0, 0.05) is 28.7 Å². The molecule has 0 radical (unpaired) electrons. The van der Waals surface area contributed by atoms with E-state index in [0.717, 1.165) is 33.2 Å². The molecular weight excluding hydrogens is 484 g/mol. The second-order valence-electron chi connectivity index (χ2n) is 8.19. The predicted molar refractivity (Wildman–Crippen MR) is 146 cm³/mol. The molecule has 0 saturated heterocycles. The fourth-order valence-electron chi connectivity index (χ4n) is 3.66. The fraction of sp³-hybridized carbons (Fsp3) is 0.103. The maximum absolute atomic E-state index is 12.3. The SMILES string of the molecule is C=Cc1ccc(N(Cc2ccc(C(=O)NCCC(=O)O)cc2)c2nc(-c3cccc(C#N)c3)cs2)cc1. The molecule has 0 aliphatic carbocycles. The number of thiazole rings is 1. The monoisotopic (exact) mass is 508 g/mol. The Hall–Kier alpha value is -4.74. The summed E-state index contributed by atoms with van der Waals surface area (Å²) in [5.74, 6) is -1.27. The normalized spacial score (nSPS) is 10.4. The molecule has 4 rings (SSSR count). The number of carbonyl (C=O) groups is 2. The van der Waals surface area contributed by atoms with E-state index in [0.29, 0.717) is 17.7 Å². The molecule has 1 heterocycles. The molecule has 0 aliphatic heterocycles. The van der Waals surface area contributed by atoms with E-state index in [9.17, 15) is 14.9 Å². The summed E-state index contributed by atoms with van der Waals surface area (Å²) in [6.07, 6.45) is 1.66. The van der Waals surface area contributed by atoms with Gasteiger partial charge in [-0.1, -0.05) is 49.1 Å². The molecule has 1 amide bonds. The van der Waals surface area contributed by atoms with E-state index in [-0.39, 0.29) is 18.9 Å². The highest BCUT2D eigenvalue weighted by Crippen LogP contribution is 2.34. The van der Waals surface area contributed by atoms with Crippen LogP contribution in [0, 0.1) is 11.3 Å². The average molecular weight is 509 g/mol. The average Bonchev–Trinajstić information content (AvgIpc) is 3.42. The predicted octanol–water partition coefficient (Wildman–Crippen LogP) is 5.87. The molecule has 8 heteroatoms. The lowest BCUT2D eigenvalue weighted by Gasteiger charge is -2.22. The van der Waals surface area contributed by atoms with Crippen molar-refractivity contribution in [3.05, 3.63) is 107 Å². The standard InChI is InChI=1S/C29H24N4O3S/c1-2-20-8-12-25(13-9-20)33(29-32-26(19-37-29)24-5-3-4-22(16-24)17-30)18-21-6-10-23(11-7-21)28(36)31-15-14-27(34)35/h2-13,16,19H,1,14-15,18H2,(H,31,36)(H,34,35). The highest BCUT2D eigenvalue weighted by Gasteiger charge is 2.16. The van der Waals surface area contributed by atoms with Crippen LogP contribution in [0.25, 0.3) is 17.3 Å². The number of hydrogen-bond donors (Lipinski definition) is 2. The Bertz CT molecular complexity index is 1450. The highest BCUT2D eigenvalue weighted by molar-refractivity contribution is 7.14. The number of amides is 1. The van der Waals surface area contributed by atoms with E-state index >= 15 is 0 Å². The van der Waals surface area contributed by atoms with Crippen molar-refractivity contribution in [2.24, 2.45) is 0 Å². The van der Waals surface area contributed by atoms with E-state index in [1.807, 2.05) is 60.0 Å². The molecule has 0 saturated carbocycles. The maximum Gasteiger partial charge on any atom is 0.305 e. The summed E-state index contributed by atoms with van der Waals surface area (Å²) in [4.78, 5) is 29.9. The van der Waals surface area contributed by atoms with E-state index < -0.39 is 5.97 Å². The van der Waals surface area contributed by atoms with Crippen LogP contribution in [0.1, 0.15) is 33.5 Å². The van der Waals surface area contributed by atoms with Gasteiger partial charge >= 0.3 is 5.97 Å². The van der Waals surface area contributed by atoms with Gasteiger partial charge in [-0.3, -0.25) is 9.59 Å². The molecule has 0 unspecified atom stereocenters. The van der Waals surface area contributed by atoms with Crippen molar-refractivity contribution in [2.75, 3.05) is 11.4 Å². The summed E-state index contributed by atoms with van der Waals surface area (Å²) in [7, 11) is 0. The molecule has 0 spiro atoms. The third-order valence-electron chi connectivity index (χ3n) is 5.63. The molecule has 1 aromatic heterocycles. The quantitative estimate of drug-likeness (QED) is 0.278. The first-order valence-corrected chi connectivity index (χ1v) is 12.4. The van der Waals surface area contributed by atoms with Gasteiger partial charge in [-0.05, 0) is 47.5 Å². The third-order valence-corrected chi connectivity index (χ3v) is 6.50. The number of nitrogens with zero attached hydrogens (tertiary/aromatic N) is 3. The smallest absolute Gasteiger partial charge is 0.305 e. The minimum absolute atomic E-state index is 0.0774. The molecular formula is C29H24N4O3S. The summed E-state index contributed by atoms with van der Waals surface area (Å²) >= 11 is 1.51. The Balaban J connectivity index is 1.59. The molecule has 0 atom stereocenters. The van der Waals surface area contributed by atoms with Gasteiger partial charge in [0.1, 0.15) is 0 Å². The molecule has 4 aromatic rings. The number of carboxylic acids is 1. The maximum atomic E-state index is 12.3. The second kappa shape index (κ2) is 11.8. The molecule has 0 fully saturated rings. The van der Waals surface area contributed by atoms with Crippen molar-refractivity contribution in [1.82, 2.24) is 10.3 Å². The van der Waals surface area contributed by atoms with E-state index in [1.165, 1.54) is 11.3 Å². The van der Waals surface area contributed by atoms with Gasteiger partial charge in [-0.25, -0.2) is 4.98 Å². The van der Waals surface area contributed by atoms with E-state index in [1.54, 1.807) is 24.3 Å². The van der Waals surface area contributed by atoms with Crippen LogP contribution in [0.4, 0.5) is 10.8 Å². The molecule has 3 aromatic carbocycles. The number of aliphatic carboxylic acids is 1. The van der Waals surface area contributed by atoms with Crippen LogP contribution in [0.2, 0.25) is 0 Å². The summed E-state index contributed by atoms with van der Waals surface area (Å²) in [6, 6.07) is 24.7. The molecule has 0 bridgehead atoms. The summed E-state index contributed by atoms with van der Waals surface area (Å²) in [6.45, 7) is 4.41. The van der Waals surface area contributed by atoms with Crippen LogP contribution in [-0.2, 0) is 11.3 Å². The summed E-state index contributed by atoms with van der Waals surface area (Å²) in [5, 5.41) is 23.4. The Labute approximate surface area is 219 Å². The van der Waals surface area contributed by atoms with Crippen LogP contribution in [0.3, 0.4) is 0 Å². The first-order chi connectivity index (χ1) is 18.0. The number of carbonyl (C=O) groups excluding carboxylic acids is 1. The molecule has 0 aliphatic rings. The summed E-state index contributed by atoms with van der Waals surface area (Å²) in [5.41, 5.74) is 5.64. The Morgan fingerprint density at radius 1 is 1.11 bits per heavy atom. The van der Waals surface area contributed by atoms with Crippen molar-refractivity contribution in [3.63, 3.8) is 0 Å². The van der Waals surface area contributed by atoms with Crippen LogP contribution in [0.15, 0.2) is 84.8 Å². The van der Waals surface area contributed by atoms with Crippen molar-refractivity contribution >= 4 is 40.1 Å². The minimum atomic E-state index is -0.958. The number of nitrogens with one attached hydrogen (secondary N) is 1.